The molecule has 4 aliphatic heterocycles. The molecule has 4 atom stereocenters. The third kappa shape index (κ3) is 5.36. The summed E-state index contributed by atoms with van der Waals surface area (Å²) in [6, 6.07) is 14.6. The normalized spacial score (nSPS) is 24.5. The molecule has 0 saturated carbocycles. The molecule has 0 aliphatic carbocycles. The van der Waals surface area contributed by atoms with Crippen LogP contribution in [0.2, 0.25) is 5.02 Å². The number of benzene rings is 3. The number of aromatic carboxylic acids is 1. The van der Waals surface area contributed by atoms with E-state index < -0.39 is 11.8 Å². The lowest BCUT2D eigenvalue weighted by atomic mass is 9.96. The van der Waals surface area contributed by atoms with Crippen LogP contribution in [0.4, 0.5) is 15.8 Å². The van der Waals surface area contributed by atoms with Crippen LogP contribution < -0.4 is 14.5 Å². The summed E-state index contributed by atoms with van der Waals surface area (Å²) in [6.07, 6.45) is 1.79. The number of fused-ring (bicyclic) bond motifs is 3. The number of hydrogen-bond acceptors (Lipinski definition) is 7. The van der Waals surface area contributed by atoms with Crippen molar-refractivity contribution in [2.45, 2.75) is 57.4 Å². The smallest absolute Gasteiger partial charge is 0.337 e. The first-order chi connectivity index (χ1) is 22.1. The standard InChI is InChI=1S/C35H38ClFN4O5/c1-20-15-40(21(2)14-38(20)3)23-9-10-27(30(36)11-23)34(42)39-16-22-5-4-6-26(33(22)46-19-39)28-13-32(29(35(43)44)12-31(28)37)41-24-7-8-25(41)18-45-17-24/h4-6,9-13,20-21,24-25H,7-8,14-19H2,1-3H3,(H,43,44)/t20-,21-,24-,25+/m1/s1. The molecule has 3 aromatic rings. The molecule has 4 heterocycles. The van der Waals surface area contributed by atoms with Gasteiger partial charge in [-0.2, -0.15) is 0 Å². The van der Waals surface area contributed by atoms with Gasteiger partial charge in [0.15, 0.2) is 6.73 Å². The van der Waals surface area contributed by atoms with Crippen LogP contribution in [-0.4, -0.2) is 91.0 Å². The minimum absolute atomic E-state index is 0.0385. The summed E-state index contributed by atoms with van der Waals surface area (Å²) < 4.78 is 27.6. The van der Waals surface area contributed by atoms with Gasteiger partial charge in [-0.15, -0.1) is 0 Å². The summed E-state index contributed by atoms with van der Waals surface area (Å²) in [5, 5.41) is 10.4. The molecule has 242 valence electrons. The SMILES string of the molecule is C[C@@H]1CN(c2ccc(C(=O)N3COc4c(cccc4-c4cc(N5[C@@H]6CC[C@H]5COC6)c(C(=O)O)cc4F)C3)c(Cl)c2)[C@H](C)CN1C. The van der Waals surface area contributed by atoms with Crippen LogP contribution in [0.3, 0.4) is 0 Å². The number of para-hydroxylation sites is 1. The molecule has 1 N–H and O–H groups in total. The Balaban J connectivity index is 1.15. The quantitative estimate of drug-likeness (QED) is 0.376. The summed E-state index contributed by atoms with van der Waals surface area (Å²) >= 11 is 6.72. The van der Waals surface area contributed by atoms with E-state index in [1.807, 2.05) is 18.2 Å². The maximum atomic E-state index is 15.7. The van der Waals surface area contributed by atoms with E-state index in [-0.39, 0.29) is 42.4 Å². The average molecular weight is 649 g/mol. The van der Waals surface area contributed by atoms with Gasteiger partial charge in [0.2, 0.25) is 0 Å². The average Bonchev–Trinajstić information content (AvgIpc) is 3.28. The predicted molar refractivity (Wildman–Crippen MR) is 175 cm³/mol. The van der Waals surface area contributed by atoms with Gasteiger partial charge in [-0.3, -0.25) is 9.69 Å². The number of ether oxygens (including phenoxy) is 2. The monoisotopic (exact) mass is 648 g/mol. The van der Waals surface area contributed by atoms with E-state index in [1.54, 1.807) is 29.2 Å². The summed E-state index contributed by atoms with van der Waals surface area (Å²) in [7, 11) is 2.13. The van der Waals surface area contributed by atoms with Crippen molar-refractivity contribution in [2.24, 2.45) is 0 Å². The van der Waals surface area contributed by atoms with Gasteiger partial charge in [0.25, 0.3) is 5.91 Å². The largest absolute Gasteiger partial charge is 0.478 e. The number of carboxylic acid groups (broad SMARTS) is 1. The van der Waals surface area contributed by atoms with Gasteiger partial charge >= 0.3 is 5.97 Å². The van der Waals surface area contributed by atoms with Crippen LogP contribution in [0.25, 0.3) is 11.1 Å². The molecule has 11 heteroatoms. The summed E-state index contributed by atoms with van der Waals surface area (Å²) in [4.78, 5) is 34.2. The number of likely N-dealkylation sites (N-methyl/N-ethyl adjacent to an activating group) is 1. The van der Waals surface area contributed by atoms with Crippen LogP contribution in [0.15, 0.2) is 48.5 Å². The van der Waals surface area contributed by atoms with Gasteiger partial charge in [0.05, 0.1) is 53.7 Å². The number of morpholine rings is 1. The fourth-order valence-corrected chi connectivity index (χ4v) is 7.73. The molecule has 46 heavy (non-hydrogen) atoms. The van der Waals surface area contributed by atoms with Crippen molar-refractivity contribution in [3.05, 3.63) is 76.1 Å². The molecule has 2 bridgehead atoms. The highest BCUT2D eigenvalue weighted by Gasteiger charge is 2.40. The molecule has 7 rings (SSSR count). The van der Waals surface area contributed by atoms with Crippen molar-refractivity contribution in [1.29, 1.82) is 0 Å². The highest BCUT2D eigenvalue weighted by Crippen LogP contribution is 2.43. The Hall–Kier alpha value is -3.86. The highest BCUT2D eigenvalue weighted by molar-refractivity contribution is 6.34. The van der Waals surface area contributed by atoms with Crippen molar-refractivity contribution in [2.75, 3.05) is 49.9 Å². The maximum Gasteiger partial charge on any atom is 0.337 e. The number of hydrogen-bond donors (Lipinski definition) is 1. The van der Waals surface area contributed by atoms with Gasteiger partial charge in [0.1, 0.15) is 11.6 Å². The Morgan fingerprint density at radius 1 is 0.957 bits per heavy atom. The molecule has 3 aromatic carbocycles. The van der Waals surface area contributed by atoms with Gasteiger partial charge in [0, 0.05) is 47.6 Å². The van der Waals surface area contributed by atoms with E-state index in [0.29, 0.717) is 52.9 Å². The fourth-order valence-electron chi connectivity index (χ4n) is 7.48. The maximum absolute atomic E-state index is 15.7. The van der Waals surface area contributed by atoms with Crippen molar-refractivity contribution < 1.29 is 28.6 Å². The van der Waals surface area contributed by atoms with Gasteiger partial charge in [-0.25, -0.2) is 9.18 Å². The van der Waals surface area contributed by atoms with Crippen LogP contribution in [0, 0.1) is 5.82 Å². The van der Waals surface area contributed by atoms with Gasteiger partial charge in [-0.05, 0) is 64.1 Å². The molecule has 0 unspecified atom stereocenters. The third-order valence-corrected chi connectivity index (χ3v) is 10.4. The van der Waals surface area contributed by atoms with Crippen molar-refractivity contribution in [3.8, 4) is 16.9 Å². The van der Waals surface area contributed by atoms with Crippen LogP contribution in [0.5, 0.6) is 5.75 Å². The van der Waals surface area contributed by atoms with Crippen molar-refractivity contribution >= 4 is 34.9 Å². The lowest BCUT2D eigenvalue weighted by Crippen LogP contribution is -2.55. The number of amides is 1. The predicted octanol–water partition coefficient (Wildman–Crippen LogP) is 5.73. The molecular weight excluding hydrogens is 611 g/mol. The molecule has 4 aliphatic rings. The fraction of sp³-hybridized carbons (Fsp3) is 0.429. The van der Waals surface area contributed by atoms with Gasteiger partial charge < -0.3 is 29.3 Å². The van der Waals surface area contributed by atoms with Crippen molar-refractivity contribution in [1.82, 2.24) is 9.80 Å². The topological polar surface area (TPSA) is 85.8 Å². The second-order valence-corrected chi connectivity index (χ2v) is 13.4. The number of carboxylic acids is 1. The minimum Gasteiger partial charge on any atom is -0.478 e. The van der Waals surface area contributed by atoms with E-state index in [0.717, 1.165) is 43.2 Å². The van der Waals surface area contributed by atoms with Crippen LogP contribution >= 0.6 is 11.6 Å². The molecule has 3 saturated heterocycles. The van der Waals surface area contributed by atoms with Gasteiger partial charge in [-0.1, -0.05) is 29.8 Å². The van der Waals surface area contributed by atoms with Crippen LogP contribution in [-0.2, 0) is 11.3 Å². The molecule has 0 radical (unpaired) electrons. The molecule has 1 amide bonds. The Morgan fingerprint density at radius 2 is 1.72 bits per heavy atom. The first-order valence-electron chi connectivity index (χ1n) is 15.8. The Kier molecular flexibility index (Phi) is 8.07. The number of carbonyl (C=O) groups is 2. The first kappa shape index (κ1) is 30.8. The van der Waals surface area contributed by atoms with Crippen molar-refractivity contribution in [3.63, 3.8) is 0 Å². The van der Waals surface area contributed by atoms with E-state index >= 15 is 4.39 Å². The zero-order valence-electron chi connectivity index (χ0n) is 26.2. The lowest BCUT2D eigenvalue weighted by molar-refractivity contribution is 0.0515. The number of halogens is 2. The van der Waals surface area contributed by atoms with E-state index in [1.165, 1.54) is 0 Å². The Morgan fingerprint density at radius 3 is 2.43 bits per heavy atom. The lowest BCUT2D eigenvalue weighted by Gasteiger charge is -2.44. The number of nitrogens with zero attached hydrogens (tertiary/aromatic N) is 4. The highest BCUT2D eigenvalue weighted by atomic mass is 35.5. The number of anilines is 2. The van der Waals surface area contributed by atoms with Crippen LogP contribution in [0.1, 0.15) is 53.0 Å². The minimum atomic E-state index is -1.17. The molecular formula is C35H38ClFN4O5. The molecule has 0 spiro atoms. The van der Waals surface area contributed by atoms with E-state index in [9.17, 15) is 14.7 Å². The molecule has 0 aromatic heterocycles. The summed E-state index contributed by atoms with van der Waals surface area (Å²) in [6.45, 7) is 7.43. The summed E-state index contributed by atoms with van der Waals surface area (Å²) in [5.41, 5.74) is 3.29. The second-order valence-electron chi connectivity index (χ2n) is 13.0. The number of piperazine rings is 1. The van der Waals surface area contributed by atoms with E-state index in [4.69, 9.17) is 21.1 Å². The molecule has 3 fully saturated rings. The van der Waals surface area contributed by atoms with E-state index in [2.05, 4.69) is 35.6 Å². The zero-order valence-corrected chi connectivity index (χ0v) is 27.0. The number of rotatable bonds is 5. The Bertz CT molecular complexity index is 1690. The number of carbonyl (C=O) groups excluding carboxylic acids is 1. The third-order valence-electron chi connectivity index (χ3n) is 10.0. The summed E-state index contributed by atoms with van der Waals surface area (Å²) in [5.74, 6) is -1.60. The Labute approximate surface area is 273 Å². The first-order valence-corrected chi connectivity index (χ1v) is 16.2. The second kappa shape index (κ2) is 12.1. The molecule has 9 nitrogen and oxygen atoms in total. The zero-order chi connectivity index (χ0) is 32.3.